The summed E-state index contributed by atoms with van der Waals surface area (Å²) in [5, 5.41) is 6.55. The summed E-state index contributed by atoms with van der Waals surface area (Å²) in [5.41, 5.74) is 2.83. The highest BCUT2D eigenvalue weighted by atomic mass is 32.2. The Morgan fingerprint density at radius 2 is 2.04 bits per heavy atom. The molecule has 0 aliphatic rings. The van der Waals surface area contributed by atoms with Crippen LogP contribution in [0.4, 0.5) is 0 Å². The van der Waals surface area contributed by atoms with Crippen LogP contribution >= 0.6 is 11.3 Å². The molecule has 1 unspecified atom stereocenters. The summed E-state index contributed by atoms with van der Waals surface area (Å²) in [6.45, 7) is 6.09. The summed E-state index contributed by atoms with van der Waals surface area (Å²) < 4.78 is 36.0. The lowest BCUT2D eigenvalue weighted by Crippen LogP contribution is -2.32. The van der Waals surface area contributed by atoms with Gasteiger partial charge in [-0.15, -0.1) is 11.3 Å². The Kier molecular flexibility index (Phi) is 6.22. The monoisotopic (exact) mass is 419 g/mol. The van der Waals surface area contributed by atoms with Crippen molar-refractivity contribution < 1.29 is 13.2 Å². The van der Waals surface area contributed by atoms with Gasteiger partial charge in [-0.1, -0.05) is 19.1 Å². The van der Waals surface area contributed by atoms with Crippen LogP contribution in [-0.4, -0.2) is 31.9 Å². The predicted molar refractivity (Wildman–Crippen MR) is 112 cm³/mol. The predicted octanol–water partition coefficient (Wildman–Crippen LogP) is 3.70. The van der Waals surface area contributed by atoms with Crippen LogP contribution in [0.5, 0.6) is 5.75 Å². The molecule has 150 valence electrons. The van der Waals surface area contributed by atoms with Crippen molar-refractivity contribution in [2.45, 2.75) is 38.1 Å². The molecule has 6 nitrogen and oxygen atoms in total. The molecular weight excluding hydrogens is 394 g/mol. The van der Waals surface area contributed by atoms with Gasteiger partial charge >= 0.3 is 0 Å². The summed E-state index contributed by atoms with van der Waals surface area (Å²) in [6.07, 6.45) is 0.746. The van der Waals surface area contributed by atoms with E-state index >= 15 is 0 Å². The van der Waals surface area contributed by atoms with E-state index in [1.54, 1.807) is 23.5 Å². The molecular formula is C20H25N3O3S2. The quantitative estimate of drug-likeness (QED) is 0.604. The lowest BCUT2D eigenvalue weighted by molar-refractivity contribution is 0.401. The number of aromatic nitrogens is 2. The van der Waals surface area contributed by atoms with Crippen LogP contribution in [0.25, 0.3) is 0 Å². The first-order valence-corrected chi connectivity index (χ1v) is 11.4. The summed E-state index contributed by atoms with van der Waals surface area (Å²) in [7, 11) is -2.27. The second-order valence-electron chi connectivity index (χ2n) is 6.59. The third kappa shape index (κ3) is 4.29. The van der Waals surface area contributed by atoms with Gasteiger partial charge in [-0.2, -0.15) is 5.10 Å². The van der Waals surface area contributed by atoms with E-state index in [2.05, 4.69) is 9.82 Å². The van der Waals surface area contributed by atoms with E-state index in [-0.39, 0.29) is 17.5 Å². The molecule has 3 rings (SSSR count). The molecule has 1 atom stereocenters. The Balaban J connectivity index is 1.92. The first-order valence-electron chi connectivity index (χ1n) is 9.08. The molecule has 0 aliphatic carbocycles. The Labute approximate surface area is 170 Å². The topological polar surface area (TPSA) is 73.2 Å². The van der Waals surface area contributed by atoms with Gasteiger partial charge in [-0.05, 0) is 55.5 Å². The van der Waals surface area contributed by atoms with Crippen molar-refractivity contribution in [1.82, 2.24) is 14.5 Å². The molecule has 2 aromatic heterocycles. The third-order valence-corrected chi connectivity index (χ3v) is 7.02. The summed E-state index contributed by atoms with van der Waals surface area (Å²) in [5.74, 6) is 0.337. The van der Waals surface area contributed by atoms with Crippen LogP contribution in [0.1, 0.15) is 34.8 Å². The Hall–Kier alpha value is -2.16. The lowest BCUT2D eigenvalue weighted by atomic mass is 10.2. The minimum Gasteiger partial charge on any atom is -0.495 e. The largest absolute Gasteiger partial charge is 0.495 e. The molecule has 0 radical (unpaired) electrons. The fourth-order valence-corrected chi connectivity index (χ4v) is 5.23. The molecule has 0 aliphatic heterocycles. The maximum absolute atomic E-state index is 13.1. The fourth-order valence-electron chi connectivity index (χ4n) is 3.17. The fraction of sp³-hybridized carbons (Fsp3) is 0.350. The van der Waals surface area contributed by atoms with E-state index in [9.17, 15) is 8.42 Å². The molecule has 8 heteroatoms. The average Bonchev–Trinajstić information content (AvgIpc) is 3.31. The minimum atomic E-state index is -3.75. The van der Waals surface area contributed by atoms with Crippen LogP contribution in [0.3, 0.4) is 0 Å². The van der Waals surface area contributed by atoms with Crippen LogP contribution in [0.2, 0.25) is 0 Å². The molecule has 1 aromatic carbocycles. The van der Waals surface area contributed by atoms with Crippen molar-refractivity contribution >= 4 is 21.4 Å². The summed E-state index contributed by atoms with van der Waals surface area (Å²) >= 11 is 1.58. The number of rotatable bonds is 8. The van der Waals surface area contributed by atoms with Crippen molar-refractivity contribution in [2.75, 3.05) is 13.7 Å². The Morgan fingerprint density at radius 3 is 2.61 bits per heavy atom. The molecule has 0 spiro atoms. The number of aryl methyl sites for hydroxylation is 3. The Morgan fingerprint density at radius 1 is 1.25 bits per heavy atom. The minimum absolute atomic E-state index is 0.160. The van der Waals surface area contributed by atoms with Gasteiger partial charge < -0.3 is 4.74 Å². The SMILES string of the molecule is CCc1ccc(OC)c(S(=O)(=O)NCC(c2cccs2)n2nc(C)cc2C)c1. The number of benzene rings is 1. The van der Waals surface area contributed by atoms with Crippen molar-refractivity contribution in [1.29, 1.82) is 0 Å². The molecule has 0 bridgehead atoms. The first-order chi connectivity index (χ1) is 13.4. The zero-order valence-corrected chi connectivity index (χ0v) is 18.1. The standard InChI is InChI=1S/C20H25N3O3S2/c1-5-16-8-9-18(26-4)20(12-16)28(24,25)21-13-17(19-7-6-10-27-19)23-15(3)11-14(2)22-23/h6-12,17,21H,5,13H2,1-4H3. The van der Waals surface area contributed by atoms with Crippen molar-refractivity contribution in [3.8, 4) is 5.75 Å². The van der Waals surface area contributed by atoms with Crippen molar-refractivity contribution in [3.05, 3.63) is 63.6 Å². The van der Waals surface area contributed by atoms with Crippen LogP contribution in [-0.2, 0) is 16.4 Å². The van der Waals surface area contributed by atoms with Crippen LogP contribution in [0, 0.1) is 13.8 Å². The average molecular weight is 420 g/mol. The summed E-state index contributed by atoms with van der Waals surface area (Å²) in [6, 6.07) is 11.0. The van der Waals surface area contributed by atoms with E-state index in [0.717, 1.165) is 28.2 Å². The number of thiophene rings is 1. The molecule has 0 saturated heterocycles. The maximum atomic E-state index is 13.1. The number of hydrogen-bond donors (Lipinski definition) is 1. The number of ether oxygens (including phenoxy) is 1. The number of hydrogen-bond acceptors (Lipinski definition) is 5. The van der Waals surface area contributed by atoms with Crippen molar-refractivity contribution in [3.63, 3.8) is 0 Å². The molecule has 0 fully saturated rings. The van der Waals surface area contributed by atoms with Crippen molar-refractivity contribution in [2.24, 2.45) is 0 Å². The molecule has 1 N–H and O–H groups in total. The molecule has 28 heavy (non-hydrogen) atoms. The molecule has 0 amide bonds. The van der Waals surface area contributed by atoms with E-state index in [0.29, 0.717) is 5.75 Å². The molecule has 2 heterocycles. The van der Waals surface area contributed by atoms with Crippen LogP contribution in [0.15, 0.2) is 46.7 Å². The maximum Gasteiger partial charge on any atom is 0.244 e. The highest BCUT2D eigenvalue weighted by Crippen LogP contribution is 2.27. The molecule has 0 saturated carbocycles. The number of nitrogens with zero attached hydrogens (tertiary/aromatic N) is 2. The van der Waals surface area contributed by atoms with E-state index in [4.69, 9.17) is 4.74 Å². The zero-order chi connectivity index (χ0) is 20.3. The first kappa shape index (κ1) is 20.6. The van der Waals surface area contributed by atoms with E-state index in [1.807, 2.05) is 55.1 Å². The van der Waals surface area contributed by atoms with Gasteiger partial charge in [0.05, 0.1) is 18.8 Å². The van der Waals surface area contributed by atoms with E-state index < -0.39 is 10.0 Å². The van der Waals surface area contributed by atoms with Gasteiger partial charge in [0.25, 0.3) is 0 Å². The highest BCUT2D eigenvalue weighted by Gasteiger charge is 2.24. The summed E-state index contributed by atoms with van der Waals surface area (Å²) in [4.78, 5) is 1.20. The second kappa shape index (κ2) is 8.46. The van der Waals surface area contributed by atoms with Gasteiger partial charge in [-0.3, -0.25) is 4.68 Å². The number of nitrogens with one attached hydrogen (secondary N) is 1. The zero-order valence-electron chi connectivity index (χ0n) is 16.5. The second-order valence-corrected chi connectivity index (χ2v) is 9.31. The van der Waals surface area contributed by atoms with Gasteiger partial charge in [0.15, 0.2) is 0 Å². The normalized spacial score (nSPS) is 12.9. The molecule has 3 aromatic rings. The van der Waals surface area contributed by atoms with E-state index in [1.165, 1.54) is 7.11 Å². The Bertz CT molecular complexity index is 1040. The number of methoxy groups -OCH3 is 1. The van der Waals surface area contributed by atoms with Gasteiger partial charge in [-0.25, -0.2) is 13.1 Å². The van der Waals surface area contributed by atoms with Gasteiger partial charge in [0.2, 0.25) is 10.0 Å². The number of sulfonamides is 1. The lowest BCUT2D eigenvalue weighted by Gasteiger charge is -2.19. The van der Waals surface area contributed by atoms with Crippen LogP contribution < -0.4 is 9.46 Å². The highest BCUT2D eigenvalue weighted by molar-refractivity contribution is 7.89. The smallest absolute Gasteiger partial charge is 0.244 e. The van der Waals surface area contributed by atoms with Gasteiger partial charge in [0.1, 0.15) is 10.6 Å². The third-order valence-electron chi connectivity index (χ3n) is 4.60. The van der Waals surface area contributed by atoms with Gasteiger partial charge in [0, 0.05) is 17.1 Å².